The Balaban J connectivity index is 2.24. The monoisotopic (exact) mass is 424 g/mol. The minimum atomic E-state index is -1.69. The molecule has 9 heteroatoms. The molecule has 2 amide bonds. The molecule has 0 spiro atoms. The van der Waals surface area contributed by atoms with Gasteiger partial charge >= 0.3 is 0 Å². The van der Waals surface area contributed by atoms with E-state index in [1.165, 1.54) is 31.3 Å². The van der Waals surface area contributed by atoms with Crippen LogP contribution in [0.2, 0.25) is 0 Å². The molecule has 0 saturated heterocycles. The summed E-state index contributed by atoms with van der Waals surface area (Å²) in [4.78, 5) is 26.6. The van der Waals surface area contributed by atoms with Crippen LogP contribution in [0.3, 0.4) is 0 Å². The van der Waals surface area contributed by atoms with Crippen molar-refractivity contribution in [3.8, 4) is 11.5 Å². The predicted octanol–water partition coefficient (Wildman–Crippen LogP) is 3.92. The van der Waals surface area contributed by atoms with Crippen molar-refractivity contribution in [3.63, 3.8) is 0 Å². The van der Waals surface area contributed by atoms with Crippen LogP contribution in [0.15, 0.2) is 24.3 Å². The summed E-state index contributed by atoms with van der Waals surface area (Å²) in [6, 6.07) is 4.69. The Morgan fingerprint density at radius 1 is 1.03 bits per heavy atom. The van der Waals surface area contributed by atoms with Gasteiger partial charge in [-0.2, -0.15) is 0 Å². The van der Waals surface area contributed by atoms with Crippen LogP contribution in [0.5, 0.6) is 11.5 Å². The third-order valence-corrected chi connectivity index (χ3v) is 4.42. The number of hydrogen-bond donors (Lipinski definition) is 1. The second-order valence-corrected chi connectivity index (χ2v) is 6.50. The highest BCUT2D eigenvalue weighted by Gasteiger charge is 2.22. The summed E-state index contributed by atoms with van der Waals surface area (Å²) >= 11 is 0. The number of carbonyl (C=O) groups excluding carboxylic acids is 2. The molecule has 0 bridgehead atoms. The topological polar surface area (TPSA) is 67.9 Å². The SMILES string of the molecule is CCCN(CC(=O)Nc1ccc(F)c(F)c1F)C(=O)c1cc(OC)c(C)c(OC)c1. The first-order chi connectivity index (χ1) is 14.2. The number of rotatable bonds is 8. The third-order valence-electron chi connectivity index (χ3n) is 4.42. The van der Waals surface area contributed by atoms with Gasteiger partial charge in [-0.25, -0.2) is 13.2 Å². The van der Waals surface area contributed by atoms with E-state index in [0.29, 0.717) is 29.5 Å². The molecule has 1 N–H and O–H groups in total. The fourth-order valence-electron chi connectivity index (χ4n) is 2.90. The lowest BCUT2D eigenvalue weighted by molar-refractivity contribution is -0.116. The highest BCUT2D eigenvalue weighted by Crippen LogP contribution is 2.30. The molecule has 0 unspecified atom stereocenters. The molecular formula is C21H23F3N2O4. The number of nitrogens with one attached hydrogen (secondary N) is 1. The van der Waals surface area contributed by atoms with Gasteiger partial charge in [-0.3, -0.25) is 9.59 Å². The summed E-state index contributed by atoms with van der Waals surface area (Å²) in [6.07, 6.45) is 0.554. The van der Waals surface area contributed by atoms with Crippen LogP contribution in [0.25, 0.3) is 0 Å². The van der Waals surface area contributed by atoms with Gasteiger partial charge in [0.15, 0.2) is 17.5 Å². The molecule has 0 aliphatic carbocycles. The molecule has 0 aromatic heterocycles. The van der Waals surface area contributed by atoms with Gasteiger partial charge in [0.1, 0.15) is 18.0 Å². The fraction of sp³-hybridized carbons (Fsp3) is 0.333. The van der Waals surface area contributed by atoms with Crippen LogP contribution in [0.1, 0.15) is 29.3 Å². The third kappa shape index (κ3) is 5.03. The van der Waals surface area contributed by atoms with E-state index in [4.69, 9.17) is 9.47 Å². The van der Waals surface area contributed by atoms with Crippen molar-refractivity contribution in [1.82, 2.24) is 4.90 Å². The minimum Gasteiger partial charge on any atom is -0.496 e. The first-order valence-electron chi connectivity index (χ1n) is 9.18. The molecule has 162 valence electrons. The number of carbonyl (C=O) groups is 2. The van der Waals surface area contributed by atoms with Crippen LogP contribution in [0.4, 0.5) is 18.9 Å². The van der Waals surface area contributed by atoms with Crippen molar-refractivity contribution in [2.24, 2.45) is 0 Å². The quantitative estimate of drug-likeness (QED) is 0.653. The van der Waals surface area contributed by atoms with Crippen molar-refractivity contribution < 1.29 is 32.2 Å². The van der Waals surface area contributed by atoms with Crippen LogP contribution >= 0.6 is 0 Å². The molecule has 2 aromatic carbocycles. The molecule has 0 aliphatic heterocycles. The van der Waals surface area contributed by atoms with E-state index in [9.17, 15) is 22.8 Å². The van der Waals surface area contributed by atoms with Crippen LogP contribution in [-0.4, -0.2) is 44.0 Å². The Hall–Kier alpha value is -3.23. The first-order valence-corrected chi connectivity index (χ1v) is 9.18. The van der Waals surface area contributed by atoms with Gasteiger partial charge in [-0.05, 0) is 37.6 Å². The second-order valence-electron chi connectivity index (χ2n) is 6.50. The summed E-state index contributed by atoms with van der Waals surface area (Å²) in [5, 5.41) is 2.16. The van der Waals surface area contributed by atoms with Gasteiger partial charge < -0.3 is 19.7 Å². The smallest absolute Gasteiger partial charge is 0.254 e. The highest BCUT2D eigenvalue weighted by molar-refractivity contribution is 6.00. The maximum Gasteiger partial charge on any atom is 0.254 e. The maximum atomic E-state index is 13.8. The van der Waals surface area contributed by atoms with Gasteiger partial charge in [0.25, 0.3) is 5.91 Å². The molecule has 2 rings (SSSR count). The molecule has 30 heavy (non-hydrogen) atoms. The Morgan fingerprint density at radius 2 is 1.63 bits per heavy atom. The Bertz CT molecular complexity index is 925. The summed E-state index contributed by atoms with van der Waals surface area (Å²) in [5.41, 5.74) is 0.446. The Labute approximate surface area is 172 Å². The zero-order valence-corrected chi connectivity index (χ0v) is 17.1. The molecule has 0 atom stereocenters. The Morgan fingerprint density at radius 3 is 2.17 bits per heavy atom. The van der Waals surface area contributed by atoms with Crippen molar-refractivity contribution >= 4 is 17.5 Å². The number of amides is 2. The summed E-state index contributed by atoms with van der Waals surface area (Å²) in [7, 11) is 2.92. The summed E-state index contributed by atoms with van der Waals surface area (Å²) in [6.45, 7) is 3.43. The molecular weight excluding hydrogens is 401 g/mol. The normalized spacial score (nSPS) is 10.5. The molecule has 0 heterocycles. The number of nitrogens with zero attached hydrogens (tertiary/aromatic N) is 1. The first kappa shape index (κ1) is 23.1. The highest BCUT2D eigenvalue weighted by atomic mass is 19.2. The number of anilines is 1. The number of halogens is 3. The van der Waals surface area contributed by atoms with E-state index in [2.05, 4.69) is 5.32 Å². The lowest BCUT2D eigenvalue weighted by Gasteiger charge is -2.23. The van der Waals surface area contributed by atoms with E-state index in [1.807, 2.05) is 6.92 Å². The molecule has 2 aromatic rings. The molecule has 0 radical (unpaired) electrons. The van der Waals surface area contributed by atoms with Crippen molar-refractivity contribution in [3.05, 3.63) is 52.8 Å². The number of ether oxygens (including phenoxy) is 2. The molecule has 6 nitrogen and oxygen atoms in total. The average molecular weight is 424 g/mol. The van der Waals surface area contributed by atoms with Crippen molar-refractivity contribution in [1.29, 1.82) is 0 Å². The lowest BCUT2D eigenvalue weighted by Crippen LogP contribution is -2.38. The van der Waals surface area contributed by atoms with Gasteiger partial charge in [-0.15, -0.1) is 0 Å². The van der Waals surface area contributed by atoms with E-state index in [-0.39, 0.29) is 12.1 Å². The minimum absolute atomic E-state index is 0.241. The number of benzene rings is 2. The van der Waals surface area contributed by atoms with Crippen molar-refractivity contribution in [2.45, 2.75) is 20.3 Å². The molecule has 0 fully saturated rings. The molecule has 0 aliphatic rings. The Kier molecular flexibility index (Phi) is 7.68. The number of hydrogen-bond acceptors (Lipinski definition) is 4. The number of methoxy groups -OCH3 is 2. The van der Waals surface area contributed by atoms with Crippen LogP contribution in [-0.2, 0) is 4.79 Å². The van der Waals surface area contributed by atoms with E-state index < -0.39 is 41.5 Å². The van der Waals surface area contributed by atoms with E-state index >= 15 is 0 Å². The zero-order chi connectivity index (χ0) is 22.4. The van der Waals surface area contributed by atoms with Crippen LogP contribution < -0.4 is 14.8 Å². The van der Waals surface area contributed by atoms with Gasteiger partial charge in [0, 0.05) is 17.7 Å². The largest absolute Gasteiger partial charge is 0.496 e. The lowest BCUT2D eigenvalue weighted by atomic mass is 10.1. The van der Waals surface area contributed by atoms with Crippen LogP contribution in [0, 0.1) is 24.4 Å². The van der Waals surface area contributed by atoms with Gasteiger partial charge in [-0.1, -0.05) is 6.92 Å². The summed E-state index contributed by atoms with van der Waals surface area (Å²) < 4.78 is 50.8. The van der Waals surface area contributed by atoms with E-state index in [0.717, 1.165) is 6.07 Å². The maximum absolute atomic E-state index is 13.8. The second kappa shape index (κ2) is 10.00. The van der Waals surface area contributed by atoms with E-state index in [1.54, 1.807) is 6.92 Å². The standard InChI is InChI=1S/C21H23F3N2O4/c1-5-8-26(11-18(27)25-15-7-6-14(22)19(23)20(15)24)21(28)13-9-16(29-3)12(2)17(10-13)30-4/h6-7,9-10H,5,8,11H2,1-4H3,(H,25,27). The van der Waals surface area contributed by atoms with Crippen molar-refractivity contribution in [2.75, 3.05) is 32.6 Å². The van der Waals surface area contributed by atoms with Gasteiger partial charge in [0.05, 0.1) is 19.9 Å². The zero-order valence-electron chi connectivity index (χ0n) is 17.1. The average Bonchev–Trinajstić information content (AvgIpc) is 2.73. The molecule has 0 saturated carbocycles. The fourth-order valence-corrected chi connectivity index (χ4v) is 2.90. The predicted molar refractivity (Wildman–Crippen MR) is 105 cm³/mol. The van der Waals surface area contributed by atoms with Gasteiger partial charge in [0.2, 0.25) is 5.91 Å². The summed E-state index contributed by atoms with van der Waals surface area (Å²) in [5.74, 6) is -4.89.